The van der Waals surface area contributed by atoms with Gasteiger partial charge in [0.25, 0.3) is 0 Å². The fourth-order valence-electron chi connectivity index (χ4n) is 3.19. The van der Waals surface area contributed by atoms with Crippen LogP contribution in [-0.4, -0.2) is 4.43 Å². The highest BCUT2D eigenvalue weighted by Gasteiger charge is 2.25. The summed E-state index contributed by atoms with van der Waals surface area (Å²) in [6.07, 6.45) is 14.3. The van der Waals surface area contributed by atoms with Gasteiger partial charge in [-0.15, -0.1) is 0 Å². The van der Waals surface area contributed by atoms with E-state index in [0.29, 0.717) is 0 Å². The Morgan fingerprint density at radius 3 is 1.36 bits per heavy atom. The Hall–Kier alpha value is -0.830. The predicted octanol–water partition coefficient (Wildman–Crippen LogP) is 4.27. The second-order valence-corrected chi connectivity index (χ2v) is 12.5. The van der Waals surface area contributed by atoms with Gasteiger partial charge in [0, 0.05) is 0 Å². The Morgan fingerprint density at radius 1 is 0.520 bits per heavy atom. The first-order valence-electron chi connectivity index (χ1n) is 10.2. The zero-order chi connectivity index (χ0) is 17.6. The topological polar surface area (TPSA) is 0 Å². The van der Waals surface area contributed by atoms with Gasteiger partial charge in [0.1, 0.15) is 24.2 Å². The van der Waals surface area contributed by atoms with Gasteiger partial charge < -0.3 is 0 Å². The molecular weight excluding hydrogens is 415 g/mol. The van der Waals surface area contributed by atoms with Crippen molar-refractivity contribution in [1.29, 1.82) is 0 Å². The highest BCUT2D eigenvalue weighted by atomic mass is 127. The molecule has 0 unspecified atom stereocenters. The molecule has 0 amide bonds. The van der Waals surface area contributed by atoms with Crippen LogP contribution in [0.3, 0.4) is 0 Å². The fourth-order valence-corrected chi connectivity index (χ4v) is 9.03. The maximum atomic E-state index is 2.36. The van der Waals surface area contributed by atoms with Gasteiger partial charge >= 0.3 is 0 Å². The molecule has 0 aliphatic carbocycles. The standard InChI is InChI=1S/C24H35I/c1-2-3-4-5-6-7-8-9-10-17-22-25(23-18-13-11-14-19-23)24-20-15-12-16-21-24/h11-16,18-21H,2-10,17,22H2,1H3/q+1. The molecule has 0 aliphatic rings. The molecule has 2 aromatic carbocycles. The molecule has 0 aromatic heterocycles. The van der Waals surface area contributed by atoms with E-state index in [9.17, 15) is 0 Å². The van der Waals surface area contributed by atoms with Crippen LogP contribution >= 0.6 is 0 Å². The summed E-state index contributed by atoms with van der Waals surface area (Å²) in [5.74, 6) is 0. The second-order valence-electron chi connectivity index (χ2n) is 6.82. The lowest BCUT2D eigenvalue weighted by Gasteiger charge is -2.07. The quantitative estimate of drug-likeness (QED) is 0.243. The number of halogens is 1. The lowest BCUT2D eigenvalue weighted by molar-refractivity contribution is -0.855. The van der Waals surface area contributed by atoms with Crippen molar-refractivity contribution in [2.24, 2.45) is 0 Å². The van der Waals surface area contributed by atoms with E-state index < -0.39 is 19.8 Å². The zero-order valence-electron chi connectivity index (χ0n) is 15.9. The SMILES string of the molecule is CCCCCCCCCCCC[I+](c1ccccc1)c1ccccc1. The maximum absolute atomic E-state index is 2.36. The van der Waals surface area contributed by atoms with Crippen LogP contribution in [0.2, 0.25) is 0 Å². The normalized spacial score (nSPS) is 11.1. The molecule has 0 heterocycles. The third-order valence-corrected chi connectivity index (χ3v) is 11.0. The van der Waals surface area contributed by atoms with Crippen LogP contribution in [0, 0.1) is 7.14 Å². The molecule has 0 aliphatic heterocycles. The summed E-state index contributed by atoms with van der Waals surface area (Å²) in [6.45, 7) is 2.29. The summed E-state index contributed by atoms with van der Waals surface area (Å²) >= 11 is -1.23. The number of unbranched alkanes of at least 4 members (excludes halogenated alkanes) is 9. The average molecular weight is 450 g/mol. The van der Waals surface area contributed by atoms with Gasteiger partial charge in [0.15, 0.2) is 7.14 Å². The molecule has 0 atom stereocenters. The summed E-state index contributed by atoms with van der Waals surface area (Å²) in [7, 11) is 0. The fraction of sp³-hybridized carbons (Fsp3) is 0.500. The van der Waals surface area contributed by atoms with E-state index in [1.807, 2.05) is 0 Å². The summed E-state index contributed by atoms with van der Waals surface area (Å²) < 4.78 is 4.66. The highest BCUT2D eigenvalue weighted by Crippen LogP contribution is 2.09. The minimum Gasteiger partial charge on any atom is -0.0654 e. The molecule has 0 N–H and O–H groups in total. The van der Waals surface area contributed by atoms with Crippen molar-refractivity contribution >= 4 is 0 Å². The van der Waals surface area contributed by atoms with Crippen LogP contribution in [0.5, 0.6) is 0 Å². The van der Waals surface area contributed by atoms with Crippen LogP contribution in [0.25, 0.3) is 0 Å². The minimum atomic E-state index is -1.23. The van der Waals surface area contributed by atoms with Gasteiger partial charge in [-0.1, -0.05) is 94.7 Å². The van der Waals surface area contributed by atoms with E-state index in [1.54, 1.807) is 7.14 Å². The number of hydrogen-bond donors (Lipinski definition) is 0. The van der Waals surface area contributed by atoms with Gasteiger partial charge in [-0.05, 0) is 37.1 Å². The molecule has 0 saturated carbocycles. The van der Waals surface area contributed by atoms with Crippen LogP contribution < -0.4 is 19.8 Å². The Balaban J connectivity index is 1.69. The summed E-state index contributed by atoms with van der Waals surface area (Å²) in [6, 6.07) is 22.5. The molecule has 0 fully saturated rings. The van der Waals surface area contributed by atoms with Crippen molar-refractivity contribution in [3.8, 4) is 0 Å². The second kappa shape index (κ2) is 13.4. The Labute approximate surface area is 162 Å². The van der Waals surface area contributed by atoms with Crippen molar-refractivity contribution in [1.82, 2.24) is 0 Å². The van der Waals surface area contributed by atoms with E-state index >= 15 is 0 Å². The number of hydrogen-bond acceptors (Lipinski definition) is 0. The first kappa shape index (κ1) is 20.5. The third-order valence-electron chi connectivity index (χ3n) is 4.67. The highest BCUT2D eigenvalue weighted by molar-refractivity contribution is 5.03. The Kier molecular flexibility index (Phi) is 11.0. The first-order valence-corrected chi connectivity index (χ1v) is 13.9. The first-order chi connectivity index (χ1) is 12.4. The lowest BCUT2D eigenvalue weighted by Crippen LogP contribution is -3.86. The molecule has 1 radical (unpaired) electrons. The van der Waals surface area contributed by atoms with Crippen LogP contribution in [0.15, 0.2) is 60.7 Å². The average Bonchev–Trinajstić information content (AvgIpc) is 2.67. The monoisotopic (exact) mass is 450 g/mol. The molecule has 1 heteroatoms. The molecule has 0 saturated heterocycles. The van der Waals surface area contributed by atoms with E-state index in [4.69, 9.17) is 0 Å². The predicted molar refractivity (Wildman–Crippen MR) is 107 cm³/mol. The lowest BCUT2D eigenvalue weighted by atomic mass is 10.1. The Bertz CT molecular complexity index is 495. The largest absolute Gasteiger partial charge is 0.151 e. The van der Waals surface area contributed by atoms with Gasteiger partial charge in [0.2, 0.25) is 0 Å². The van der Waals surface area contributed by atoms with E-state index in [2.05, 4.69) is 67.6 Å². The molecule has 137 valence electrons. The molecule has 25 heavy (non-hydrogen) atoms. The van der Waals surface area contributed by atoms with E-state index in [-0.39, 0.29) is 0 Å². The van der Waals surface area contributed by atoms with Crippen molar-refractivity contribution in [3.63, 3.8) is 0 Å². The molecule has 0 spiro atoms. The van der Waals surface area contributed by atoms with Crippen LogP contribution in [0.1, 0.15) is 71.1 Å². The maximum Gasteiger partial charge on any atom is 0.151 e. The van der Waals surface area contributed by atoms with Crippen molar-refractivity contribution in [2.75, 3.05) is 4.43 Å². The van der Waals surface area contributed by atoms with Crippen molar-refractivity contribution < 1.29 is 19.8 Å². The molecule has 0 nitrogen and oxygen atoms in total. The summed E-state index contributed by atoms with van der Waals surface area (Å²) in [4.78, 5) is 0. The van der Waals surface area contributed by atoms with Gasteiger partial charge in [-0.3, -0.25) is 0 Å². The van der Waals surface area contributed by atoms with Gasteiger partial charge in [0.05, 0.1) is 0 Å². The third kappa shape index (κ3) is 8.40. The summed E-state index contributed by atoms with van der Waals surface area (Å²) in [5.41, 5.74) is 0. The van der Waals surface area contributed by atoms with Crippen LogP contribution in [-0.2, 0) is 0 Å². The molecule has 2 rings (SSSR count). The minimum absolute atomic E-state index is 1.23. The smallest absolute Gasteiger partial charge is 0.0654 e. The van der Waals surface area contributed by atoms with Gasteiger partial charge in [-0.25, -0.2) is 0 Å². The van der Waals surface area contributed by atoms with E-state index in [1.165, 1.54) is 68.6 Å². The van der Waals surface area contributed by atoms with Crippen LogP contribution in [0.4, 0.5) is 0 Å². The zero-order valence-corrected chi connectivity index (χ0v) is 18.1. The number of rotatable bonds is 13. The van der Waals surface area contributed by atoms with Crippen molar-refractivity contribution in [2.45, 2.75) is 71.1 Å². The van der Waals surface area contributed by atoms with Crippen molar-refractivity contribution in [3.05, 3.63) is 67.8 Å². The molecule has 2 aromatic rings. The summed E-state index contributed by atoms with van der Waals surface area (Å²) in [5, 5.41) is 0. The molecule has 0 bridgehead atoms. The Morgan fingerprint density at radius 2 is 0.920 bits per heavy atom. The van der Waals surface area contributed by atoms with Gasteiger partial charge in [-0.2, -0.15) is 0 Å². The molecular formula is C24H35I+. The number of alkyl halides is 1. The van der Waals surface area contributed by atoms with E-state index in [0.717, 1.165) is 0 Å². The number of benzene rings is 2.